The van der Waals surface area contributed by atoms with Crippen molar-refractivity contribution in [3.8, 4) is 17.1 Å². The minimum Gasteiger partial charge on any atom is -0.504 e. The van der Waals surface area contributed by atoms with E-state index in [2.05, 4.69) is 77.3 Å². The first-order chi connectivity index (χ1) is 63.1. The Kier molecular flexibility index (Phi) is 27.8. The van der Waals surface area contributed by atoms with Crippen molar-refractivity contribution in [2.24, 2.45) is 0 Å². The maximum absolute atomic E-state index is 13.9. The lowest BCUT2D eigenvalue weighted by atomic mass is 9.81. The molecule has 5 aliphatic carbocycles. The largest absolute Gasteiger partial charge is 0.504 e. The van der Waals surface area contributed by atoms with E-state index in [1.807, 2.05) is 141 Å². The summed E-state index contributed by atoms with van der Waals surface area (Å²) < 4.78 is 23.1. The Bertz CT molecular complexity index is 5940. The number of ether oxygens (including phenoxy) is 1. The molecule has 2 aromatic heterocycles. The van der Waals surface area contributed by atoms with Crippen molar-refractivity contribution in [1.82, 2.24) is 68.7 Å². The molecule has 4 unspecified atom stereocenters. The molecule has 25 nitrogen and oxygen atoms in total. The van der Waals surface area contributed by atoms with Gasteiger partial charge in [-0.1, -0.05) is 138 Å². The van der Waals surface area contributed by atoms with E-state index in [9.17, 15) is 33.2 Å². The number of rotatable bonds is 18. The second kappa shape index (κ2) is 40.8. The quantitative estimate of drug-likeness (QED) is 0.0730. The van der Waals surface area contributed by atoms with Crippen molar-refractivity contribution < 1.29 is 37.9 Å². The first-order valence-corrected chi connectivity index (χ1v) is 45.6. The number of benzene rings is 8. The fourth-order valence-corrected chi connectivity index (χ4v) is 20.6. The maximum Gasteiger partial charge on any atom is 0.228 e. The Balaban J connectivity index is 0.000000121. The number of aryl methyl sites for hydroxylation is 2. The second-order valence-electron chi connectivity index (χ2n) is 35.5. The molecule has 7 heterocycles. The highest BCUT2D eigenvalue weighted by molar-refractivity contribution is 6.01. The number of Topliss-reactive ketones (excluding diaryl/α,β-unsaturated/α-hetero) is 2. The van der Waals surface area contributed by atoms with Crippen LogP contribution in [0.5, 0.6) is 5.75 Å². The Morgan fingerprint density at radius 1 is 0.380 bits per heavy atom. The van der Waals surface area contributed by atoms with Crippen LogP contribution in [-0.2, 0) is 77.0 Å². The van der Waals surface area contributed by atoms with Crippen LogP contribution < -0.4 is 4.74 Å². The molecule has 0 N–H and O–H groups in total. The molecule has 4 amide bonds. The van der Waals surface area contributed by atoms with E-state index < -0.39 is 5.82 Å². The number of amides is 4. The Labute approximate surface area is 753 Å². The van der Waals surface area contributed by atoms with Gasteiger partial charge in [0.15, 0.2) is 22.9 Å². The summed E-state index contributed by atoms with van der Waals surface area (Å²) in [6.45, 7) is 46.9. The molecule has 10 aromatic rings. The summed E-state index contributed by atoms with van der Waals surface area (Å²) in [5.41, 5.74) is 20.5. The predicted octanol–water partition coefficient (Wildman–Crippen LogP) is 14.4. The van der Waals surface area contributed by atoms with Gasteiger partial charge >= 0.3 is 0 Å². The molecule has 0 saturated carbocycles. The SMILES string of the molecule is [C-]#[N+]c1c(F)ccc2c1CCC2CN1CCN(C(=O)Cc2ccc3c(c2)CCC3=O)CC1.[C-]#[N+]c1cccc2c1CCCC2CN1CCN(C(=O)Cc2ccc(-n3cncn3)cc2)CC1.[C-]#[N+]c1cccc2c1CCCC2CN1CCN(C(=O)Cc2ccc3c(c2)CCC3=O)CC1.[C-]#[N+]c1cccc2c1OCC2CN1CCN(C(=O)Cc2ccc(-n3cncn3)cc2)CC1. The van der Waals surface area contributed by atoms with Crippen molar-refractivity contribution in [3.05, 3.63) is 312 Å². The monoisotopic (exact) mass is 1730 g/mol. The highest BCUT2D eigenvalue weighted by atomic mass is 19.1. The van der Waals surface area contributed by atoms with Gasteiger partial charge < -0.3 is 24.3 Å². The average molecular weight is 1730 g/mol. The Hall–Kier alpha value is -13.2. The third-order valence-electron chi connectivity index (χ3n) is 27.7. The van der Waals surface area contributed by atoms with Crippen LogP contribution in [-0.4, -0.2) is 241 Å². The van der Waals surface area contributed by atoms with Gasteiger partial charge in [-0.2, -0.15) is 10.2 Å². The number of ketones is 2. The summed E-state index contributed by atoms with van der Waals surface area (Å²) in [5.74, 6) is 2.99. The average Bonchev–Trinajstić information content (AvgIpc) is 1.82. The van der Waals surface area contributed by atoms with Crippen LogP contribution in [0.15, 0.2) is 177 Å². The fourth-order valence-electron chi connectivity index (χ4n) is 20.6. The molecule has 8 aromatic carbocycles. The summed E-state index contributed by atoms with van der Waals surface area (Å²) in [6, 6.07) is 48.9. The van der Waals surface area contributed by atoms with Gasteiger partial charge in [-0.15, -0.1) is 0 Å². The van der Waals surface area contributed by atoms with Gasteiger partial charge in [0, 0.05) is 161 Å². The van der Waals surface area contributed by atoms with Crippen molar-refractivity contribution >= 4 is 57.9 Å². The molecule has 658 valence electrons. The third kappa shape index (κ3) is 20.7. The summed E-state index contributed by atoms with van der Waals surface area (Å²) in [4.78, 5) is 115. The summed E-state index contributed by atoms with van der Waals surface area (Å²) >= 11 is 0. The molecule has 20 rings (SSSR count). The molecule has 4 fully saturated rings. The van der Waals surface area contributed by atoms with Gasteiger partial charge in [-0.25, -0.2) is 43.1 Å². The molecule has 0 spiro atoms. The highest BCUT2D eigenvalue weighted by Gasteiger charge is 2.36. The van der Waals surface area contributed by atoms with Crippen LogP contribution in [0, 0.1) is 32.1 Å². The third-order valence-corrected chi connectivity index (χ3v) is 27.7. The van der Waals surface area contributed by atoms with Crippen molar-refractivity contribution in [2.75, 3.05) is 138 Å². The Morgan fingerprint density at radius 2 is 0.760 bits per heavy atom. The molecular formula is C103H107FN18O7. The second-order valence-corrected chi connectivity index (χ2v) is 35.5. The number of para-hydroxylation sites is 1. The first kappa shape index (κ1) is 87.8. The number of halogens is 1. The van der Waals surface area contributed by atoms with Crippen LogP contribution >= 0.6 is 0 Å². The van der Waals surface area contributed by atoms with Crippen LogP contribution in [0.1, 0.15) is 162 Å². The molecular weight excluding hydrogens is 1620 g/mol. The molecule has 4 atom stereocenters. The first-order valence-electron chi connectivity index (χ1n) is 45.6. The van der Waals surface area contributed by atoms with Crippen molar-refractivity contribution in [1.29, 1.82) is 0 Å². The normalized spacial score (nSPS) is 19.3. The van der Waals surface area contributed by atoms with Gasteiger partial charge in [0.05, 0.1) is 70.0 Å². The van der Waals surface area contributed by atoms with E-state index in [0.29, 0.717) is 81.7 Å². The van der Waals surface area contributed by atoms with E-state index in [-0.39, 0.29) is 46.8 Å². The molecule has 0 radical (unpaired) electrons. The lowest BCUT2D eigenvalue weighted by molar-refractivity contribution is -0.133. The minimum absolute atomic E-state index is 0.136. The number of aromatic nitrogens is 6. The van der Waals surface area contributed by atoms with Crippen LogP contribution in [0.2, 0.25) is 0 Å². The molecule has 5 aliphatic heterocycles. The molecule has 26 heteroatoms. The van der Waals surface area contributed by atoms with Crippen molar-refractivity contribution in [2.45, 2.75) is 126 Å². The Morgan fingerprint density at radius 3 is 1.16 bits per heavy atom. The zero-order valence-electron chi connectivity index (χ0n) is 73.0. The smallest absolute Gasteiger partial charge is 0.228 e. The van der Waals surface area contributed by atoms with E-state index in [4.69, 9.17) is 31.0 Å². The summed E-state index contributed by atoms with van der Waals surface area (Å²) in [7, 11) is 0. The lowest BCUT2D eigenvalue weighted by Gasteiger charge is -2.38. The zero-order valence-corrected chi connectivity index (χ0v) is 73.0. The zero-order chi connectivity index (χ0) is 88.9. The van der Waals surface area contributed by atoms with Gasteiger partial charge in [0.25, 0.3) is 0 Å². The fraction of sp³-hybridized carbons (Fsp3) is 0.398. The van der Waals surface area contributed by atoms with Crippen LogP contribution in [0.4, 0.5) is 27.1 Å². The number of hydrogen-bond acceptors (Lipinski definition) is 15. The molecule has 4 saturated heterocycles. The van der Waals surface area contributed by atoms with E-state index >= 15 is 0 Å². The number of carbonyl (C=O) groups is 6. The van der Waals surface area contributed by atoms with Gasteiger partial charge in [0.2, 0.25) is 35.0 Å². The van der Waals surface area contributed by atoms with E-state index in [0.717, 1.165) is 259 Å². The highest BCUT2D eigenvalue weighted by Crippen LogP contribution is 2.44. The lowest BCUT2D eigenvalue weighted by Crippen LogP contribution is -2.50. The minimum atomic E-state index is -0.415. The number of hydrogen-bond donors (Lipinski definition) is 0. The number of nitrogens with zero attached hydrogens (tertiary/aromatic N) is 18. The van der Waals surface area contributed by atoms with Gasteiger partial charge in [-0.3, -0.25) is 48.4 Å². The number of piperazine rings is 4. The topological polar surface area (TPSA) is 216 Å². The molecule has 129 heavy (non-hydrogen) atoms. The summed E-state index contributed by atoms with van der Waals surface area (Å²) in [5, 5.41) is 8.25. The predicted molar refractivity (Wildman–Crippen MR) is 489 cm³/mol. The van der Waals surface area contributed by atoms with Crippen molar-refractivity contribution in [3.63, 3.8) is 0 Å². The molecule has 0 bridgehead atoms. The molecule has 10 aliphatic rings. The van der Waals surface area contributed by atoms with Crippen LogP contribution in [0.25, 0.3) is 30.8 Å². The van der Waals surface area contributed by atoms with Gasteiger partial charge in [-0.05, 0) is 168 Å². The van der Waals surface area contributed by atoms with E-state index in [1.54, 1.807) is 28.1 Å². The van der Waals surface area contributed by atoms with Crippen LogP contribution in [0.3, 0.4) is 0 Å². The number of carbonyl (C=O) groups excluding carboxylic acids is 6. The van der Waals surface area contributed by atoms with E-state index in [1.165, 1.54) is 53.8 Å². The van der Waals surface area contributed by atoms with Gasteiger partial charge in [0.1, 0.15) is 36.9 Å². The maximum atomic E-state index is 13.9. The standard InChI is InChI=1S/C27H29N3O2.C26H26FN3O2.C26H28N6O.C24H24N6O2/c1-28-25-7-3-5-22-21(4-2-6-24(22)25)18-29-12-14-30(15-13-29)27(32)17-19-8-10-23-20(16-19)9-11-26(23)31;1-28-26-22-6-3-19(20(22)7-8-23(26)27)16-29-10-12-30(13-11-29)25(32)15-17-2-5-21-18(14-17)4-9-24(21)31;1-27-25-7-3-5-23-21(4-2-6-24(23)25)17-30-12-14-31(15-13-30)26(33)16-20-8-10-22(11-9-20)32-19-28-18-29-32;1-25-22-4-2-3-21-19(15-32-24(21)22)14-28-9-11-29(12-10-28)23(31)13-18-5-7-20(8-6-18)30-17-26-16-27-30/h3,5,7-8,10,16,21H,2,4,6,9,11-15,17-18H2;2,5,7-8,14,19H,3-4,6,9-13,15-16H2;3,5,7-11,18-19,21H,2,4,6,12-17H2;2-8,16-17,19H,9-15H2. The number of fused-ring (bicyclic) bond motifs is 6. The summed E-state index contributed by atoms with van der Waals surface area (Å²) in [6.07, 6.45) is 19.1.